The molecule has 0 spiro atoms. The van der Waals surface area contributed by atoms with Crippen LogP contribution in [0.2, 0.25) is 0 Å². The number of nitrogens with zero attached hydrogens (tertiary/aromatic N) is 3. The summed E-state index contributed by atoms with van der Waals surface area (Å²) in [4.78, 5) is 4.70. The molecule has 1 heterocycles. The van der Waals surface area contributed by atoms with Gasteiger partial charge in [-0.25, -0.2) is 4.99 Å². The molecule has 1 aliphatic heterocycles. The number of nitrogens with one attached hydrogen (secondary N) is 1. The fourth-order valence-electron chi connectivity index (χ4n) is 3.04. The van der Waals surface area contributed by atoms with Gasteiger partial charge in [0, 0.05) is 5.56 Å². The van der Waals surface area contributed by atoms with Crippen molar-refractivity contribution in [1.29, 1.82) is 5.26 Å². The van der Waals surface area contributed by atoms with Gasteiger partial charge in [0.15, 0.2) is 5.54 Å². The van der Waals surface area contributed by atoms with E-state index >= 15 is 0 Å². The van der Waals surface area contributed by atoms with Gasteiger partial charge in [-0.15, -0.1) is 0 Å². The number of benzene rings is 2. The molecule has 1 unspecified atom stereocenters. The molecule has 0 radical (unpaired) electrons. The third kappa shape index (κ3) is 2.47. The van der Waals surface area contributed by atoms with Gasteiger partial charge in [-0.2, -0.15) is 10.4 Å². The van der Waals surface area contributed by atoms with Crippen LogP contribution in [0, 0.1) is 16.7 Å². The van der Waals surface area contributed by atoms with Crippen molar-refractivity contribution >= 4 is 22.6 Å². The summed E-state index contributed by atoms with van der Waals surface area (Å²) in [6.07, 6.45) is 0. The minimum Gasteiger partial charge on any atom is -0.251 e. The van der Waals surface area contributed by atoms with Gasteiger partial charge in [0.2, 0.25) is 5.29 Å². The van der Waals surface area contributed by atoms with Crippen LogP contribution in [0.3, 0.4) is 0 Å². The van der Waals surface area contributed by atoms with Gasteiger partial charge in [0.1, 0.15) is 5.71 Å². The SMILES string of the molecule is CC(C)(C#N)C1(c2ccccc2)N=C(Cl)NN=C1c1ccccc1. The Bertz CT molecular complexity index is 835. The Morgan fingerprint density at radius 3 is 2.21 bits per heavy atom. The molecule has 1 N–H and O–H groups in total. The van der Waals surface area contributed by atoms with E-state index in [2.05, 4.69) is 16.6 Å². The number of rotatable bonds is 3. The van der Waals surface area contributed by atoms with Crippen molar-refractivity contribution in [2.24, 2.45) is 15.5 Å². The first-order valence-corrected chi connectivity index (χ1v) is 8.01. The second kappa shape index (κ2) is 6.10. The molecule has 3 rings (SSSR count). The van der Waals surface area contributed by atoms with Crippen LogP contribution >= 0.6 is 11.6 Å². The normalized spacial score (nSPS) is 20.4. The summed E-state index contributed by atoms with van der Waals surface area (Å²) in [5.74, 6) is 0. The summed E-state index contributed by atoms with van der Waals surface area (Å²) in [7, 11) is 0. The van der Waals surface area contributed by atoms with Crippen LogP contribution in [0.25, 0.3) is 0 Å². The zero-order chi connectivity index (χ0) is 17.2. The van der Waals surface area contributed by atoms with E-state index in [1.165, 1.54) is 0 Å². The topological polar surface area (TPSA) is 60.5 Å². The number of hydrogen-bond donors (Lipinski definition) is 1. The highest BCUT2D eigenvalue weighted by Crippen LogP contribution is 2.46. The van der Waals surface area contributed by atoms with Crippen molar-refractivity contribution < 1.29 is 0 Å². The number of hydrogen-bond acceptors (Lipinski definition) is 4. The Morgan fingerprint density at radius 1 is 1.04 bits per heavy atom. The van der Waals surface area contributed by atoms with Crippen LogP contribution in [0.5, 0.6) is 0 Å². The Hall–Kier alpha value is -2.64. The van der Waals surface area contributed by atoms with Crippen LogP contribution in [-0.4, -0.2) is 11.0 Å². The molecule has 0 bridgehead atoms. The standard InChI is InChI=1S/C19H17ClN4/c1-18(2,13-21)19(15-11-7-4-8-12-15)16(23-24-17(20)22-19)14-9-5-3-6-10-14/h3-12H,1-2H3,(H,22,24). The third-order valence-electron chi connectivity index (χ3n) is 4.29. The predicted octanol–water partition coefficient (Wildman–Crippen LogP) is 4.03. The minimum absolute atomic E-state index is 0.168. The van der Waals surface area contributed by atoms with E-state index in [0.717, 1.165) is 11.1 Å². The lowest BCUT2D eigenvalue weighted by molar-refractivity contribution is 0.322. The van der Waals surface area contributed by atoms with Gasteiger partial charge in [-0.3, -0.25) is 5.43 Å². The highest BCUT2D eigenvalue weighted by atomic mass is 35.5. The molecule has 4 nitrogen and oxygen atoms in total. The monoisotopic (exact) mass is 336 g/mol. The molecule has 0 saturated carbocycles. The maximum Gasteiger partial charge on any atom is 0.213 e. The number of halogens is 1. The number of amidine groups is 1. The molecular weight excluding hydrogens is 320 g/mol. The molecule has 1 atom stereocenters. The van der Waals surface area contributed by atoms with Gasteiger partial charge in [0.25, 0.3) is 0 Å². The van der Waals surface area contributed by atoms with E-state index in [1.807, 2.05) is 74.5 Å². The summed E-state index contributed by atoms with van der Waals surface area (Å²) in [5.41, 5.74) is 3.31. The predicted molar refractivity (Wildman–Crippen MR) is 96.9 cm³/mol. The Labute approximate surface area is 146 Å². The molecule has 2 aromatic rings. The molecule has 0 aromatic heterocycles. The molecule has 0 saturated heterocycles. The first-order valence-electron chi connectivity index (χ1n) is 7.63. The van der Waals surface area contributed by atoms with E-state index < -0.39 is 11.0 Å². The average molecular weight is 337 g/mol. The van der Waals surface area contributed by atoms with Crippen molar-refractivity contribution in [2.45, 2.75) is 19.4 Å². The van der Waals surface area contributed by atoms with Gasteiger partial charge >= 0.3 is 0 Å². The lowest BCUT2D eigenvalue weighted by atomic mass is 9.65. The fourth-order valence-corrected chi connectivity index (χ4v) is 3.20. The molecule has 5 heteroatoms. The van der Waals surface area contributed by atoms with E-state index in [1.54, 1.807) is 0 Å². The zero-order valence-electron chi connectivity index (χ0n) is 13.5. The number of aliphatic imine (C=N–C) groups is 1. The zero-order valence-corrected chi connectivity index (χ0v) is 14.2. The van der Waals surface area contributed by atoms with Gasteiger partial charge < -0.3 is 0 Å². The second-order valence-corrected chi connectivity index (χ2v) is 6.51. The summed E-state index contributed by atoms with van der Waals surface area (Å²) in [6, 6.07) is 21.8. The largest absolute Gasteiger partial charge is 0.251 e. The van der Waals surface area contributed by atoms with E-state index in [0.29, 0.717) is 5.71 Å². The first-order chi connectivity index (χ1) is 11.5. The molecule has 120 valence electrons. The Kier molecular flexibility index (Phi) is 4.13. The summed E-state index contributed by atoms with van der Waals surface area (Å²) < 4.78 is 0. The number of hydrazone groups is 1. The van der Waals surface area contributed by atoms with Gasteiger partial charge in [-0.05, 0) is 31.0 Å². The Morgan fingerprint density at radius 2 is 1.62 bits per heavy atom. The van der Waals surface area contributed by atoms with Crippen LogP contribution < -0.4 is 5.43 Å². The minimum atomic E-state index is -1.01. The van der Waals surface area contributed by atoms with Crippen molar-refractivity contribution in [3.05, 3.63) is 71.8 Å². The third-order valence-corrected chi connectivity index (χ3v) is 4.46. The fraction of sp³-hybridized carbons (Fsp3) is 0.211. The van der Waals surface area contributed by atoms with Gasteiger partial charge in [0.05, 0.1) is 11.5 Å². The van der Waals surface area contributed by atoms with E-state index in [9.17, 15) is 5.26 Å². The van der Waals surface area contributed by atoms with Crippen LogP contribution in [0.15, 0.2) is 70.8 Å². The molecule has 2 aromatic carbocycles. The molecule has 0 aliphatic carbocycles. The number of nitriles is 1. The average Bonchev–Trinajstić information content (AvgIpc) is 2.62. The molecule has 24 heavy (non-hydrogen) atoms. The Balaban J connectivity index is 2.34. The summed E-state index contributed by atoms with van der Waals surface area (Å²) in [6.45, 7) is 3.72. The van der Waals surface area contributed by atoms with Crippen LogP contribution in [0.4, 0.5) is 0 Å². The van der Waals surface area contributed by atoms with Crippen molar-refractivity contribution in [2.75, 3.05) is 0 Å². The van der Waals surface area contributed by atoms with E-state index in [4.69, 9.17) is 16.6 Å². The first kappa shape index (κ1) is 16.2. The smallest absolute Gasteiger partial charge is 0.213 e. The van der Waals surface area contributed by atoms with Crippen molar-refractivity contribution in [1.82, 2.24) is 5.43 Å². The van der Waals surface area contributed by atoms with Crippen molar-refractivity contribution in [3.8, 4) is 6.07 Å². The van der Waals surface area contributed by atoms with Crippen molar-refractivity contribution in [3.63, 3.8) is 0 Å². The summed E-state index contributed by atoms with van der Waals surface area (Å²) in [5, 5.41) is 14.5. The molecule has 0 amide bonds. The van der Waals surface area contributed by atoms with Crippen LogP contribution in [0.1, 0.15) is 25.0 Å². The quantitative estimate of drug-likeness (QED) is 0.860. The van der Waals surface area contributed by atoms with E-state index in [-0.39, 0.29) is 5.29 Å². The lowest BCUT2D eigenvalue weighted by Gasteiger charge is -2.42. The highest BCUT2D eigenvalue weighted by Gasteiger charge is 2.53. The van der Waals surface area contributed by atoms with Crippen LogP contribution in [-0.2, 0) is 5.54 Å². The lowest BCUT2D eigenvalue weighted by Crippen LogP contribution is -2.51. The molecule has 1 aliphatic rings. The maximum atomic E-state index is 9.89. The molecular formula is C19H17ClN4. The second-order valence-electron chi connectivity index (χ2n) is 6.15. The highest BCUT2D eigenvalue weighted by molar-refractivity contribution is 6.65. The van der Waals surface area contributed by atoms with Gasteiger partial charge in [-0.1, -0.05) is 60.7 Å². The maximum absolute atomic E-state index is 9.89. The summed E-state index contributed by atoms with van der Waals surface area (Å²) >= 11 is 6.19. The molecule has 0 fully saturated rings.